The molecule has 1 aromatic heterocycles. The number of aromatic nitrogens is 2. The molecule has 2 rings (SSSR count). The Bertz CT molecular complexity index is 506. The van der Waals surface area contributed by atoms with E-state index in [1.165, 1.54) is 6.07 Å². The molecule has 1 N–H and O–H groups in total. The van der Waals surface area contributed by atoms with Crippen LogP contribution in [0.4, 0.5) is 5.69 Å². The largest absolute Gasteiger partial charge is 0.377 e. The molecule has 0 spiro atoms. The molecule has 0 saturated carbocycles. The zero-order valence-electron chi connectivity index (χ0n) is 8.06. The van der Waals surface area contributed by atoms with Gasteiger partial charge in [-0.3, -0.25) is 10.1 Å². The minimum absolute atomic E-state index is 0.00565. The summed E-state index contributed by atoms with van der Waals surface area (Å²) in [5.74, 6) is 0.585. The number of ether oxygens (including phenoxy) is 1. The first-order chi connectivity index (χ1) is 7.22. The van der Waals surface area contributed by atoms with Gasteiger partial charge in [0.15, 0.2) is 5.52 Å². The molecule has 0 saturated heterocycles. The average molecular weight is 207 g/mol. The van der Waals surface area contributed by atoms with Gasteiger partial charge in [-0.05, 0) is 6.07 Å². The molecule has 0 bridgehead atoms. The number of nitrogens with one attached hydrogen (secondary N) is 1. The minimum Gasteiger partial charge on any atom is -0.377 e. The molecule has 0 atom stereocenters. The van der Waals surface area contributed by atoms with Gasteiger partial charge in [0.1, 0.15) is 12.4 Å². The van der Waals surface area contributed by atoms with Gasteiger partial charge in [-0.25, -0.2) is 4.98 Å². The highest BCUT2D eigenvalue weighted by Gasteiger charge is 2.14. The Kier molecular flexibility index (Phi) is 2.34. The van der Waals surface area contributed by atoms with E-state index in [1.807, 2.05) is 0 Å². The van der Waals surface area contributed by atoms with Crippen LogP contribution in [0.3, 0.4) is 0 Å². The fourth-order valence-electron chi connectivity index (χ4n) is 1.42. The molecule has 0 aliphatic rings. The SMILES string of the molecule is COCc1nc2c([N+](=O)[O-])cccc2[nH]1. The van der Waals surface area contributed by atoms with Crippen molar-refractivity contribution >= 4 is 16.7 Å². The van der Waals surface area contributed by atoms with Crippen LogP contribution >= 0.6 is 0 Å². The molecule has 1 heterocycles. The lowest BCUT2D eigenvalue weighted by Gasteiger charge is -1.90. The molecule has 6 heteroatoms. The summed E-state index contributed by atoms with van der Waals surface area (Å²) >= 11 is 0. The average Bonchev–Trinajstić information content (AvgIpc) is 2.59. The molecule has 0 aliphatic heterocycles. The molecule has 0 radical (unpaired) electrons. The van der Waals surface area contributed by atoms with Gasteiger partial charge < -0.3 is 9.72 Å². The maximum atomic E-state index is 10.7. The summed E-state index contributed by atoms with van der Waals surface area (Å²) in [5, 5.41) is 10.7. The van der Waals surface area contributed by atoms with E-state index in [4.69, 9.17) is 4.74 Å². The number of aromatic amines is 1. The monoisotopic (exact) mass is 207 g/mol. The normalized spacial score (nSPS) is 10.7. The van der Waals surface area contributed by atoms with Crippen LogP contribution in [-0.2, 0) is 11.3 Å². The zero-order chi connectivity index (χ0) is 10.8. The van der Waals surface area contributed by atoms with E-state index in [-0.39, 0.29) is 5.69 Å². The predicted molar refractivity (Wildman–Crippen MR) is 53.5 cm³/mol. The van der Waals surface area contributed by atoms with Gasteiger partial charge in [0, 0.05) is 13.2 Å². The number of para-hydroxylation sites is 1. The lowest BCUT2D eigenvalue weighted by Crippen LogP contribution is -1.90. The van der Waals surface area contributed by atoms with Crippen molar-refractivity contribution in [3.05, 3.63) is 34.1 Å². The fourth-order valence-corrected chi connectivity index (χ4v) is 1.42. The zero-order valence-corrected chi connectivity index (χ0v) is 8.06. The Morgan fingerprint density at radius 2 is 2.40 bits per heavy atom. The van der Waals surface area contributed by atoms with Gasteiger partial charge in [-0.2, -0.15) is 0 Å². The van der Waals surface area contributed by atoms with Crippen molar-refractivity contribution in [2.75, 3.05) is 7.11 Å². The van der Waals surface area contributed by atoms with E-state index >= 15 is 0 Å². The molecule has 2 aromatic rings. The van der Waals surface area contributed by atoms with Crippen molar-refractivity contribution in [3.63, 3.8) is 0 Å². The number of methoxy groups -OCH3 is 1. The van der Waals surface area contributed by atoms with Gasteiger partial charge in [-0.15, -0.1) is 0 Å². The second kappa shape index (κ2) is 3.66. The predicted octanol–water partition coefficient (Wildman–Crippen LogP) is 1.62. The van der Waals surface area contributed by atoms with Crippen LogP contribution in [0, 0.1) is 10.1 Å². The summed E-state index contributed by atoms with van der Waals surface area (Å²) < 4.78 is 4.89. The number of hydrogen-bond acceptors (Lipinski definition) is 4. The maximum absolute atomic E-state index is 10.7. The van der Waals surface area contributed by atoms with Crippen molar-refractivity contribution < 1.29 is 9.66 Å². The summed E-state index contributed by atoms with van der Waals surface area (Å²) in [6.45, 7) is 0.311. The number of H-pyrrole nitrogens is 1. The number of nitro benzene ring substituents is 1. The molecule has 0 fully saturated rings. The number of rotatable bonds is 3. The van der Waals surface area contributed by atoms with Crippen molar-refractivity contribution in [1.29, 1.82) is 0 Å². The second-order valence-electron chi connectivity index (χ2n) is 3.05. The number of hydrogen-bond donors (Lipinski definition) is 1. The number of imidazole rings is 1. The summed E-state index contributed by atoms with van der Waals surface area (Å²) in [6, 6.07) is 4.80. The van der Waals surface area contributed by atoms with Gasteiger partial charge in [0.2, 0.25) is 0 Å². The fraction of sp³-hybridized carbons (Fsp3) is 0.222. The minimum atomic E-state index is -0.445. The molecule has 0 aliphatic carbocycles. The second-order valence-corrected chi connectivity index (χ2v) is 3.05. The Morgan fingerprint density at radius 1 is 1.60 bits per heavy atom. The van der Waals surface area contributed by atoms with Crippen LogP contribution in [0.25, 0.3) is 11.0 Å². The number of fused-ring (bicyclic) bond motifs is 1. The number of nitro groups is 1. The number of non-ortho nitro benzene ring substituents is 1. The van der Waals surface area contributed by atoms with Gasteiger partial charge >= 0.3 is 0 Å². The molecular weight excluding hydrogens is 198 g/mol. The third-order valence-electron chi connectivity index (χ3n) is 2.02. The van der Waals surface area contributed by atoms with Crippen LogP contribution in [0.2, 0.25) is 0 Å². The topological polar surface area (TPSA) is 81.1 Å². The first-order valence-corrected chi connectivity index (χ1v) is 4.33. The van der Waals surface area contributed by atoms with Gasteiger partial charge in [0.25, 0.3) is 5.69 Å². The van der Waals surface area contributed by atoms with E-state index < -0.39 is 4.92 Å². The number of benzene rings is 1. The van der Waals surface area contributed by atoms with Crippen molar-refractivity contribution in [1.82, 2.24) is 9.97 Å². The van der Waals surface area contributed by atoms with Gasteiger partial charge in [0.05, 0.1) is 10.4 Å². The van der Waals surface area contributed by atoms with E-state index in [2.05, 4.69) is 9.97 Å². The van der Waals surface area contributed by atoms with Crippen LogP contribution in [-0.4, -0.2) is 22.0 Å². The molecule has 78 valence electrons. The van der Waals surface area contributed by atoms with Crippen molar-refractivity contribution in [2.24, 2.45) is 0 Å². The van der Waals surface area contributed by atoms with Crippen molar-refractivity contribution in [2.45, 2.75) is 6.61 Å². The van der Waals surface area contributed by atoms with E-state index in [0.29, 0.717) is 23.5 Å². The van der Waals surface area contributed by atoms with E-state index in [0.717, 1.165) is 0 Å². The van der Waals surface area contributed by atoms with Crippen LogP contribution in [0.15, 0.2) is 18.2 Å². The van der Waals surface area contributed by atoms with Gasteiger partial charge in [-0.1, -0.05) is 6.07 Å². The highest BCUT2D eigenvalue weighted by Crippen LogP contribution is 2.23. The maximum Gasteiger partial charge on any atom is 0.297 e. The number of nitrogens with zero attached hydrogens (tertiary/aromatic N) is 2. The highest BCUT2D eigenvalue weighted by atomic mass is 16.6. The Labute approximate surface area is 85.0 Å². The quantitative estimate of drug-likeness (QED) is 0.612. The van der Waals surface area contributed by atoms with E-state index in [1.54, 1.807) is 19.2 Å². The van der Waals surface area contributed by atoms with Crippen LogP contribution < -0.4 is 0 Å². The molecule has 1 aromatic carbocycles. The molecule has 6 nitrogen and oxygen atoms in total. The summed E-state index contributed by atoms with van der Waals surface area (Å²) in [5.41, 5.74) is 1.02. The highest BCUT2D eigenvalue weighted by molar-refractivity contribution is 5.84. The first kappa shape index (κ1) is 9.60. The lowest BCUT2D eigenvalue weighted by atomic mass is 10.3. The van der Waals surface area contributed by atoms with Crippen LogP contribution in [0.5, 0.6) is 0 Å². The van der Waals surface area contributed by atoms with Crippen molar-refractivity contribution in [3.8, 4) is 0 Å². The summed E-state index contributed by atoms with van der Waals surface area (Å²) in [7, 11) is 1.54. The summed E-state index contributed by atoms with van der Waals surface area (Å²) in [6.07, 6.45) is 0. The Morgan fingerprint density at radius 3 is 3.07 bits per heavy atom. The van der Waals surface area contributed by atoms with Crippen LogP contribution in [0.1, 0.15) is 5.82 Å². The Hall–Kier alpha value is -1.95. The molecule has 0 amide bonds. The third-order valence-corrected chi connectivity index (χ3v) is 2.02. The van der Waals surface area contributed by atoms with E-state index in [9.17, 15) is 10.1 Å². The Balaban J connectivity index is 2.59. The molecular formula is C9H9N3O3. The smallest absolute Gasteiger partial charge is 0.297 e. The third kappa shape index (κ3) is 1.66. The standard InChI is InChI=1S/C9H9N3O3/c1-15-5-8-10-6-3-2-4-7(12(13)14)9(6)11-8/h2-4H,5H2,1H3,(H,10,11). The lowest BCUT2D eigenvalue weighted by molar-refractivity contribution is -0.383. The molecule has 15 heavy (non-hydrogen) atoms. The first-order valence-electron chi connectivity index (χ1n) is 4.33. The molecule has 0 unspecified atom stereocenters. The summed E-state index contributed by atoms with van der Waals surface area (Å²) in [4.78, 5) is 17.3.